The number of carbonyl (C=O) groups is 3. The van der Waals surface area contributed by atoms with Gasteiger partial charge in [0, 0.05) is 18.8 Å². The van der Waals surface area contributed by atoms with Gasteiger partial charge in [0.15, 0.2) is 0 Å². The highest BCUT2D eigenvalue weighted by atomic mass is 16.6. The third kappa shape index (κ3) is 11.3. The quantitative estimate of drug-likeness (QED) is 0.443. The molecule has 0 aliphatic carbocycles. The number of hydrogen-bond donors (Lipinski definition) is 1. The fraction of sp³-hybridized carbons (Fsp3) is 0.471. The van der Waals surface area contributed by atoms with Crippen molar-refractivity contribution in [2.45, 2.75) is 25.9 Å². The summed E-state index contributed by atoms with van der Waals surface area (Å²) in [6.07, 6.45) is -0.881. The molecule has 134 valence electrons. The predicted molar refractivity (Wildman–Crippen MR) is 85.7 cm³/mol. The van der Waals surface area contributed by atoms with E-state index in [4.69, 9.17) is 5.11 Å². The molecule has 7 heteroatoms. The molecule has 0 aromatic heterocycles. The second-order valence-electron chi connectivity index (χ2n) is 6.18. The number of rotatable bonds is 6. The van der Waals surface area contributed by atoms with Crippen LogP contribution < -0.4 is 5.11 Å². The van der Waals surface area contributed by atoms with Gasteiger partial charge in [0.05, 0.1) is 26.7 Å². The molecule has 0 spiro atoms. The Balaban J connectivity index is 0.000000449. The van der Waals surface area contributed by atoms with Crippen molar-refractivity contribution in [1.29, 1.82) is 0 Å². The molecule has 0 radical (unpaired) electrons. The van der Waals surface area contributed by atoms with Crippen LogP contribution in [-0.2, 0) is 14.3 Å². The summed E-state index contributed by atoms with van der Waals surface area (Å²) in [5.74, 6) is -2.30. The van der Waals surface area contributed by atoms with Gasteiger partial charge < -0.3 is 24.2 Å². The summed E-state index contributed by atoms with van der Waals surface area (Å²) in [4.78, 5) is 31.9. The molecule has 0 unspecified atom stereocenters. The van der Waals surface area contributed by atoms with Crippen molar-refractivity contribution < 1.29 is 33.8 Å². The zero-order chi connectivity index (χ0) is 18.8. The number of likely N-dealkylation sites (N-methyl/N-ethyl adjacent to an activating group) is 1. The van der Waals surface area contributed by atoms with Crippen molar-refractivity contribution in [1.82, 2.24) is 0 Å². The normalized spacial score (nSPS) is 11.7. The van der Waals surface area contributed by atoms with Crippen LogP contribution in [0.4, 0.5) is 0 Å². The van der Waals surface area contributed by atoms with Crippen LogP contribution in [0.3, 0.4) is 0 Å². The third-order valence-corrected chi connectivity index (χ3v) is 2.67. The number of aliphatic hydroxyl groups excluding tert-OH is 1. The van der Waals surface area contributed by atoms with E-state index in [1.807, 2.05) is 21.1 Å². The van der Waals surface area contributed by atoms with Gasteiger partial charge in [-0.25, -0.2) is 4.79 Å². The van der Waals surface area contributed by atoms with E-state index in [1.165, 1.54) is 0 Å². The van der Waals surface area contributed by atoms with E-state index in [9.17, 15) is 19.5 Å². The molecule has 0 amide bonds. The summed E-state index contributed by atoms with van der Waals surface area (Å²) in [5, 5.41) is 19.1. The SMILES string of the molecule is CCC(=O)OC(=O)c1ccccc1.C[N+](C)(C)C[C@H](O)CC(=O)[O-]. The number of benzene rings is 1. The molecular weight excluding hydrogens is 314 g/mol. The second kappa shape index (κ2) is 10.5. The molecular formula is C17H25NO6. The number of aliphatic hydroxyl groups is 1. The van der Waals surface area contributed by atoms with Crippen molar-refractivity contribution in [3.63, 3.8) is 0 Å². The first kappa shape index (κ1) is 21.8. The fourth-order valence-electron chi connectivity index (χ4n) is 1.70. The van der Waals surface area contributed by atoms with Gasteiger partial charge in [0.25, 0.3) is 0 Å². The maximum atomic E-state index is 11.2. The monoisotopic (exact) mass is 339 g/mol. The average molecular weight is 339 g/mol. The average Bonchev–Trinajstić information content (AvgIpc) is 2.45. The van der Waals surface area contributed by atoms with E-state index in [0.717, 1.165) is 0 Å². The molecule has 24 heavy (non-hydrogen) atoms. The summed E-state index contributed by atoms with van der Waals surface area (Å²) in [7, 11) is 5.66. The molecule has 0 saturated heterocycles. The van der Waals surface area contributed by atoms with Crippen LogP contribution >= 0.6 is 0 Å². The van der Waals surface area contributed by atoms with Crippen LogP contribution in [0.1, 0.15) is 30.1 Å². The molecule has 1 rings (SSSR count). The summed E-state index contributed by atoms with van der Waals surface area (Å²) in [6, 6.07) is 8.43. The highest BCUT2D eigenvalue weighted by molar-refractivity contribution is 5.96. The minimum atomic E-state index is -1.20. The van der Waals surface area contributed by atoms with Crippen molar-refractivity contribution in [2.75, 3.05) is 27.7 Å². The van der Waals surface area contributed by atoms with Crippen LogP contribution in [0.5, 0.6) is 0 Å². The van der Waals surface area contributed by atoms with Crippen LogP contribution in [-0.4, -0.2) is 61.3 Å². The standard InChI is InChI=1S/C10H10O3.C7H15NO3/c1-2-9(11)13-10(12)8-6-4-3-5-7-8;1-8(2,3)5-6(9)4-7(10)11/h3-7H,2H2,1H3;6,9H,4-5H2,1-3H3/t;6-/m.1/s1. The maximum Gasteiger partial charge on any atom is 0.345 e. The van der Waals surface area contributed by atoms with Gasteiger partial charge in [-0.2, -0.15) is 0 Å². The number of carbonyl (C=O) groups excluding carboxylic acids is 3. The Morgan fingerprint density at radius 2 is 1.71 bits per heavy atom. The lowest BCUT2D eigenvalue weighted by atomic mass is 10.2. The minimum absolute atomic E-state index is 0.207. The molecule has 1 aromatic carbocycles. The van der Waals surface area contributed by atoms with Crippen LogP contribution in [0.25, 0.3) is 0 Å². The maximum absolute atomic E-state index is 11.2. The lowest BCUT2D eigenvalue weighted by Gasteiger charge is -2.26. The number of ether oxygens (including phenoxy) is 1. The number of quaternary nitrogens is 1. The fourth-order valence-corrected chi connectivity index (χ4v) is 1.70. The number of aliphatic carboxylic acids is 1. The molecule has 1 aromatic rings. The smallest absolute Gasteiger partial charge is 0.345 e. The van der Waals surface area contributed by atoms with E-state index in [2.05, 4.69) is 4.74 Å². The Bertz CT molecular complexity index is 536. The Kier molecular flexibility index (Phi) is 9.53. The second-order valence-corrected chi connectivity index (χ2v) is 6.18. The van der Waals surface area contributed by atoms with E-state index >= 15 is 0 Å². The molecule has 0 fully saturated rings. The molecule has 1 N–H and O–H groups in total. The molecule has 0 aliphatic heterocycles. The van der Waals surface area contributed by atoms with Crippen molar-refractivity contribution >= 4 is 17.9 Å². The van der Waals surface area contributed by atoms with Crippen LogP contribution in [0.2, 0.25) is 0 Å². The lowest BCUT2D eigenvalue weighted by Crippen LogP contribution is -2.43. The third-order valence-electron chi connectivity index (χ3n) is 2.67. The van der Waals surface area contributed by atoms with Gasteiger partial charge in [0.2, 0.25) is 0 Å². The number of hydrogen-bond acceptors (Lipinski definition) is 6. The zero-order valence-corrected chi connectivity index (χ0v) is 14.5. The zero-order valence-electron chi connectivity index (χ0n) is 14.5. The first-order chi connectivity index (χ1) is 11.0. The highest BCUT2D eigenvalue weighted by Crippen LogP contribution is 2.01. The van der Waals surface area contributed by atoms with Crippen molar-refractivity contribution in [3.05, 3.63) is 35.9 Å². The highest BCUT2D eigenvalue weighted by Gasteiger charge is 2.14. The molecule has 1 atom stereocenters. The Hall–Kier alpha value is -2.25. The molecule has 7 nitrogen and oxygen atoms in total. The summed E-state index contributed by atoms with van der Waals surface area (Å²) >= 11 is 0. The van der Waals surface area contributed by atoms with Crippen molar-refractivity contribution in [3.8, 4) is 0 Å². The van der Waals surface area contributed by atoms with Gasteiger partial charge in [-0.1, -0.05) is 25.1 Å². The predicted octanol–water partition coefficient (Wildman–Crippen LogP) is -0.0265. The largest absolute Gasteiger partial charge is 0.550 e. The van der Waals surface area contributed by atoms with Crippen LogP contribution in [0, 0.1) is 0 Å². The number of esters is 2. The number of carboxylic acids is 1. The Labute approximate surface area is 142 Å². The Morgan fingerprint density at radius 3 is 2.12 bits per heavy atom. The number of nitrogens with zero attached hydrogens (tertiary/aromatic N) is 1. The summed E-state index contributed by atoms with van der Waals surface area (Å²) < 4.78 is 5.06. The van der Waals surface area contributed by atoms with Crippen molar-refractivity contribution in [2.24, 2.45) is 0 Å². The van der Waals surface area contributed by atoms with Gasteiger partial charge in [0.1, 0.15) is 12.6 Å². The summed E-state index contributed by atoms with van der Waals surface area (Å²) in [5.41, 5.74) is 0.393. The number of carboxylic acid groups (broad SMARTS) is 1. The Morgan fingerprint density at radius 1 is 1.17 bits per heavy atom. The van der Waals surface area contributed by atoms with Crippen LogP contribution in [0.15, 0.2) is 30.3 Å². The molecule has 0 saturated carbocycles. The van der Waals surface area contributed by atoms with E-state index < -0.39 is 24.0 Å². The van der Waals surface area contributed by atoms with E-state index in [-0.39, 0.29) is 12.8 Å². The van der Waals surface area contributed by atoms with E-state index in [0.29, 0.717) is 16.6 Å². The molecule has 0 bridgehead atoms. The molecule has 0 heterocycles. The van der Waals surface area contributed by atoms with Gasteiger partial charge in [-0.15, -0.1) is 0 Å². The molecule has 0 aliphatic rings. The first-order valence-corrected chi connectivity index (χ1v) is 7.53. The lowest BCUT2D eigenvalue weighted by molar-refractivity contribution is -0.873. The topological polar surface area (TPSA) is 104 Å². The van der Waals surface area contributed by atoms with Gasteiger partial charge in [-0.3, -0.25) is 4.79 Å². The first-order valence-electron chi connectivity index (χ1n) is 7.53. The van der Waals surface area contributed by atoms with Gasteiger partial charge >= 0.3 is 11.9 Å². The van der Waals surface area contributed by atoms with Gasteiger partial charge in [-0.05, 0) is 12.1 Å². The van der Waals surface area contributed by atoms with E-state index in [1.54, 1.807) is 37.3 Å². The minimum Gasteiger partial charge on any atom is -0.550 e. The summed E-state index contributed by atoms with van der Waals surface area (Å²) in [6.45, 7) is 2.06.